The summed E-state index contributed by atoms with van der Waals surface area (Å²) in [6, 6.07) is 4.12. The molecule has 0 atom stereocenters. The Kier molecular flexibility index (Phi) is 6.94. The van der Waals surface area contributed by atoms with Gasteiger partial charge < -0.3 is 10.1 Å². The predicted octanol–water partition coefficient (Wildman–Crippen LogP) is 1.54. The molecule has 0 unspecified atom stereocenters. The number of halogens is 1. The zero-order valence-corrected chi connectivity index (χ0v) is 13.6. The first-order chi connectivity index (χ1) is 9.90. The lowest BCUT2D eigenvalue weighted by atomic mass is 10.3. The highest BCUT2D eigenvalue weighted by Gasteiger charge is 2.15. The number of amides is 1. The minimum Gasteiger partial charge on any atom is -0.482 e. The number of hydrogen-bond acceptors (Lipinski definition) is 4. The monoisotopic (exact) mass is 334 g/mol. The largest absolute Gasteiger partial charge is 0.482 e. The summed E-state index contributed by atoms with van der Waals surface area (Å²) in [5.41, 5.74) is 0. The number of sulfonamides is 1. The summed E-state index contributed by atoms with van der Waals surface area (Å²) >= 11 is 5.97. The van der Waals surface area contributed by atoms with Gasteiger partial charge in [0, 0.05) is 13.6 Å². The molecule has 0 bridgehead atoms. The third kappa shape index (κ3) is 5.53. The van der Waals surface area contributed by atoms with Crippen LogP contribution in [0.25, 0.3) is 0 Å². The maximum Gasteiger partial charge on any atom is 0.257 e. The first-order valence-electron chi connectivity index (χ1n) is 6.53. The van der Waals surface area contributed by atoms with Crippen LogP contribution in [0.15, 0.2) is 23.1 Å². The van der Waals surface area contributed by atoms with Crippen molar-refractivity contribution in [1.82, 2.24) is 10.0 Å². The van der Waals surface area contributed by atoms with E-state index in [0.29, 0.717) is 6.54 Å². The molecule has 0 spiro atoms. The van der Waals surface area contributed by atoms with E-state index in [0.717, 1.165) is 12.8 Å². The summed E-state index contributed by atoms with van der Waals surface area (Å²) in [6.45, 7) is 2.17. The smallest absolute Gasteiger partial charge is 0.257 e. The van der Waals surface area contributed by atoms with Crippen LogP contribution in [0, 0.1) is 0 Å². The topological polar surface area (TPSA) is 84.5 Å². The highest BCUT2D eigenvalue weighted by atomic mass is 35.5. The zero-order valence-electron chi connectivity index (χ0n) is 12.0. The molecule has 0 aromatic heterocycles. The first kappa shape index (κ1) is 17.7. The lowest BCUT2D eigenvalue weighted by Crippen LogP contribution is -2.25. The average molecular weight is 335 g/mol. The van der Waals surface area contributed by atoms with Crippen molar-refractivity contribution in [3.05, 3.63) is 23.2 Å². The standard InChI is InChI=1S/C13H19ClN2O4S/c1-3-4-7-16-21(18,19)10-5-6-12(11(14)8-10)20-9-13(17)15-2/h5-6,8,16H,3-4,7,9H2,1-2H3,(H,15,17). The van der Waals surface area contributed by atoms with Gasteiger partial charge in [0.15, 0.2) is 6.61 Å². The van der Waals surface area contributed by atoms with Gasteiger partial charge in [-0.05, 0) is 24.6 Å². The van der Waals surface area contributed by atoms with Crippen molar-refractivity contribution in [2.24, 2.45) is 0 Å². The molecule has 1 amide bonds. The molecule has 6 nitrogen and oxygen atoms in total. The van der Waals surface area contributed by atoms with Gasteiger partial charge in [0.25, 0.3) is 5.91 Å². The Morgan fingerprint density at radius 1 is 1.38 bits per heavy atom. The van der Waals surface area contributed by atoms with Crippen molar-refractivity contribution in [2.45, 2.75) is 24.7 Å². The van der Waals surface area contributed by atoms with Gasteiger partial charge in [-0.15, -0.1) is 0 Å². The minimum absolute atomic E-state index is 0.0656. The van der Waals surface area contributed by atoms with Gasteiger partial charge in [-0.1, -0.05) is 24.9 Å². The van der Waals surface area contributed by atoms with E-state index in [1.54, 1.807) is 0 Å². The number of likely N-dealkylation sites (N-methyl/N-ethyl adjacent to an activating group) is 1. The van der Waals surface area contributed by atoms with Crippen molar-refractivity contribution in [3.63, 3.8) is 0 Å². The molecule has 0 saturated carbocycles. The van der Waals surface area contributed by atoms with Crippen molar-refractivity contribution >= 4 is 27.5 Å². The number of carbonyl (C=O) groups is 1. The minimum atomic E-state index is -3.58. The predicted molar refractivity (Wildman–Crippen MR) is 81.1 cm³/mol. The lowest BCUT2D eigenvalue weighted by Gasteiger charge is -2.10. The Morgan fingerprint density at radius 3 is 2.67 bits per heavy atom. The number of hydrogen-bond donors (Lipinski definition) is 2. The fourth-order valence-electron chi connectivity index (χ4n) is 1.45. The number of carbonyl (C=O) groups excluding carboxylic acids is 1. The van der Waals surface area contributed by atoms with E-state index >= 15 is 0 Å². The molecule has 1 rings (SSSR count). The fourth-order valence-corrected chi connectivity index (χ4v) is 2.85. The van der Waals surface area contributed by atoms with Crippen LogP contribution < -0.4 is 14.8 Å². The third-order valence-corrected chi connectivity index (χ3v) is 4.43. The van der Waals surface area contributed by atoms with Gasteiger partial charge in [-0.2, -0.15) is 0 Å². The van der Waals surface area contributed by atoms with Crippen LogP contribution >= 0.6 is 11.6 Å². The Morgan fingerprint density at radius 2 is 2.10 bits per heavy atom. The average Bonchev–Trinajstić information content (AvgIpc) is 2.45. The zero-order chi connectivity index (χ0) is 15.9. The van der Waals surface area contributed by atoms with Crippen LogP contribution in [0.4, 0.5) is 0 Å². The Bertz CT molecular complexity index is 590. The number of benzene rings is 1. The van der Waals surface area contributed by atoms with E-state index in [2.05, 4.69) is 10.0 Å². The van der Waals surface area contributed by atoms with E-state index in [4.69, 9.17) is 16.3 Å². The van der Waals surface area contributed by atoms with E-state index in [-0.39, 0.29) is 28.2 Å². The van der Waals surface area contributed by atoms with Gasteiger partial charge in [-0.3, -0.25) is 4.79 Å². The van der Waals surface area contributed by atoms with Crippen molar-refractivity contribution < 1.29 is 17.9 Å². The molecule has 0 aliphatic carbocycles. The van der Waals surface area contributed by atoms with Crippen LogP contribution in [-0.2, 0) is 14.8 Å². The van der Waals surface area contributed by atoms with E-state index in [9.17, 15) is 13.2 Å². The molecular weight excluding hydrogens is 316 g/mol. The van der Waals surface area contributed by atoms with E-state index in [1.807, 2.05) is 6.92 Å². The molecule has 1 aromatic rings. The Balaban J connectivity index is 2.79. The molecule has 8 heteroatoms. The molecular formula is C13H19ClN2O4S. The van der Waals surface area contributed by atoms with Crippen LogP contribution in [0.5, 0.6) is 5.75 Å². The molecule has 1 aromatic carbocycles. The molecule has 2 N–H and O–H groups in total. The number of ether oxygens (including phenoxy) is 1. The summed E-state index contributed by atoms with van der Waals surface area (Å²) < 4.78 is 31.7. The van der Waals surface area contributed by atoms with Gasteiger partial charge in [0.2, 0.25) is 10.0 Å². The SMILES string of the molecule is CCCCNS(=O)(=O)c1ccc(OCC(=O)NC)c(Cl)c1. The molecule has 0 aliphatic rings. The lowest BCUT2D eigenvalue weighted by molar-refractivity contribution is -0.122. The summed E-state index contributed by atoms with van der Waals surface area (Å²) in [6.07, 6.45) is 1.66. The second kappa shape index (κ2) is 8.21. The highest BCUT2D eigenvalue weighted by Crippen LogP contribution is 2.27. The quantitative estimate of drug-likeness (QED) is 0.706. The normalized spacial score (nSPS) is 11.2. The summed E-state index contributed by atoms with van der Waals surface area (Å²) in [5.74, 6) is -0.0447. The molecule has 0 saturated heterocycles. The second-order valence-electron chi connectivity index (χ2n) is 4.31. The molecule has 21 heavy (non-hydrogen) atoms. The Labute approximate surface area is 129 Å². The number of unbranched alkanes of at least 4 members (excludes halogenated alkanes) is 1. The highest BCUT2D eigenvalue weighted by molar-refractivity contribution is 7.89. The van der Waals surface area contributed by atoms with Gasteiger partial charge in [0.05, 0.1) is 9.92 Å². The first-order valence-corrected chi connectivity index (χ1v) is 8.39. The maximum absolute atomic E-state index is 12.0. The molecule has 0 aliphatic heterocycles. The molecule has 0 fully saturated rings. The van der Waals surface area contributed by atoms with E-state index < -0.39 is 10.0 Å². The van der Waals surface area contributed by atoms with Crippen molar-refractivity contribution in [2.75, 3.05) is 20.2 Å². The summed E-state index contributed by atoms with van der Waals surface area (Å²) in [7, 11) is -2.09. The summed E-state index contributed by atoms with van der Waals surface area (Å²) in [5, 5.41) is 2.54. The Hall–Kier alpha value is -1.31. The van der Waals surface area contributed by atoms with Crippen LogP contribution in [0.2, 0.25) is 5.02 Å². The van der Waals surface area contributed by atoms with Crippen LogP contribution in [0.3, 0.4) is 0 Å². The third-order valence-electron chi connectivity index (χ3n) is 2.67. The molecule has 0 heterocycles. The fraction of sp³-hybridized carbons (Fsp3) is 0.462. The van der Waals surface area contributed by atoms with Crippen LogP contribution in [-0.4, -0.2) is 34.5 Å². The molecule has 118 valence electrons. The maximum atomic E-state index is 12.0. The van der Waals surface area contributed by atoms with Crippen molar-refractivity contribution in [3.8, 4) is 5.75 Å². The van der Waals surface area contributed by atoms with E-state index in [1.165, 1.54) is 25.2 Å². The number of nitrogens with one attached hydrogen (secondary N) is 2. The van der Waals surface area contributed by atoms with Crippen molar-refractivity contribution in [1.29, 1.82) is 0 Å². The second-order valence-corrected chi connectivity index (χ2v) is 6.48. The number of rotatable bonds is 8. The van der Waals surface area contributed by atoms with Gasteiger partial charge in [0.1, 0.15) is 5.75 Å². The van der Waals surface area contributed by atoms with Crippen LogP contribution in [0.1, 0.15) is 19.8 Å². The summed E-state index contributed by atoms with van der Waals surface area (Å²) in [4.78, 5) is 11.1. The molecule has 0 radical (unpaired) electrons. The van der Waals surface area contributed by atoms with Gasteiger partial charge in [-0.25, -0.2) is 13.1 Å². The van der Waals surface area contributed by atoms with Gasteiger partial charge >= 0.3 is 0 Å².